The molecule has 126 valence electrons. The number of nitro groups is 1. The van der Waals surface area contributed by atoms with Crippen molar-refractivity contribution in [2.45, 2.75) is 11.8 Å². The van der Waals surface area contributed by atoms with E-state index in [1.54, 1.807) is 13.0 Å². The number of rotatable bonds is 4. The van der Waals surface area contributed by atoms with Crippen molar-refractivity contribution < 1.29 is 18.1 Å². The second kappa shape index (κ2) is 6.70. The first kappa shape index (κ1) is 18.1. The first-order valence-electron chi connectivity index (χ1n) is 6.65. The molecule has 0 saturated carbocycles. The van der Waals surface area contributed by atoms with Crippen molar-refractivity contribution in [1.29, 1.82) is 0 Å². The maximum atomic E-state index is 12.3. The van der Waals surface area contributed by atoms with Crippen LogP contribution >= 0.6 is 15.9 Å². The average Bonchev–Trinajstić information content (AvgIpc) is 2.48. The number of sulfone groups is 1. The van der Waals surface area contributed by atoms with Crippen LogP contribution in [-0.4, -0.2) is 25.5 Å². The molecule has 2 rings (SSSR count). The highest BCUT2D eigenvalue weighted by Gasteiger charge is 2.17. The van der Waals surface area contributed by atoms with E-state index in [0.717, 1.165) is 12.3 Å². The summed E-state index contributed by atoms with van der Waals surface area (Å²) in [5.41, 5.74) is 0.856. The van der Waals surface area contributed by atoms with Gasteiger partial charge in [-0.15, -0.1) is 0 Å². The molecule has 0 spiro atoms. The van der Waals surface area contributed by atoms with Gasteiger partial charge in [-0.25, -0.2) is 8.42 Å². The van der Waals surface area contributed by atoms with Gasteiger partial charge in [0.2, 0.25) is 0 Å². The molecule has 0 aliphatic carbocycles. The van der Waals surface area contributed by atoms with Crippen molar-refractivity contribution in [3.05, 3.63) is 62.1 Å². The number of benzene rings is 2. The quantitative estimate of drug-likeness (QED) is 0.611. The molecule has 0 aromatic heterocycles. The van der Waals surface area contributed by atoms with Crippen LogP contribution in [0.15, 0.2) is 45.8 Å². The van der Waals surface area contributed by atoms with E-state index in [2.05, 4.69) is 21.2 Å². The van der Waals surface area contributed by atoms with E-state index >= 15 is 0 Å². The van der Waals surface area contributed by atoms with Crippen molar-refractivity contribution in [3.8, 4) is 0 Å². The SMILES string of the molecule is Cc1ccc(S(C)(=O)=O)cc1NC(=O)c1ccc(Br)c([N+](=O)[O-])c1. The number of carbonyl (C=O) groups is 1. The molecule has 0 fully saturated rings. The maximum absolute atomic E-state index is 12.3. The summed E-state index contributed by atoms with van der Waals surface area (Å²) in [6.07, 6.45) is 1.07. The summed E-state index contributed by atoms with van der Waals surface area (Å²) in [6, 6.07) is 8.38. The molecule has 0 aliphatic rings. The number of nitrogens with zero attached hydrogens (tertiary/aromatic N) is 1. The zero-order chi connectivity index (χ0) is 18.1. The number of carbonyl (C=O) groups excluding carboxylic acids is 1. The third-order valence-corrected chi connectivity index (χ3v) is 5.07. The van der Waals surface area contributed by atoms with Crippen molar-refractivity contribution in [1.82, 2.24) is 0 Å². The Morgan fingerprint density at radius 2 is 1.88 bits per heavy atom. The number of hydrogen-bond acceptors (Lipinski definition) is 5. The summed E-state index contributed by atoms with van der Waals surface area (Å²) in [6.45, 7) is 1.71. The first-order valence-corrected chi connectivity index (χ1v) is 9.34. The normalized spacial score (nSPS) is 11.1. The van der Waals surface area contributed by atoms with Gasteiger partial charge in [-0.2, -0.15) is 0 Å². The molecule has 0 heterocycles. The Balaban J connectivity index is 2.37. The van der Waals surface area contributed by atoms with E-state index in [0.29, 0.717) is 11.3 Å². The molecular weight excluding hydrogens is 400 g/mol. The van der Waals surface area contributed by atoms with Crippen LogP contribution in [0.4, 0.5) is 11.4 Å². The predicted octanol–water partition coefficient (Wildman–Crippen LogP) is 3.32. The van der Waals surface area contributed by atoms with Gasteiger partial charge in [-0.05, 0) is 52.7 Å². The van der Waals surface area contributed by atoms with Gasteiger partial charge in [0.05, 0.1) is 14.3 Å². The lowest BCUT2D eigenvalue weighted by Crippen LogP contribution is -2.13. The van der Waals surface area contributed by atoms with Crippen molar-refractivity contribution in [2.75, 3.05) is 11.6 Å². The fourth-order valence-electron chi connectivity index (χ4n) is 1.95. The molecule has 0 unspecified atom stereocenters. The van der Waals surface area contributed by atoms with Gasteiger partial charge in [0.1, 0.15) is 0 Å². The molecule has 9 heteroatoms. The van der Waals surface area contributed by atoms with Crippen LogP contribution < -0.4 is 5.32 Å². The maximum Gasteiger partial charge on any atom is 0.284 e. The first-order chi connectivity index (χ1) is 11.1. The summed E-state index contributed by atoms with van der Waals surface area (Å²) in [5, 5.41) is 13.5. The second-order valence-corrected chi connectivity index (χ2v) is 8.00. The van der Waals surface area contributed by atoms with Crippen LogP contribution in [0.3, 0.4) is 0 Å². The van der Waals surface area contributed by atoms with E-state index in [4.69, 9.17) is 0 Å². The van der Waals surface area contributed by atoms with Gasteiger partial charge in [0.25, 0.3) is 11.6 Å². The van der Waals surface area contributed by atoms with Gasteiger partial charge in [-0.1, -0.05) is 6.07 Å². The molecule has 1 N–H and O–H groups in total. The highest BCUT2D eigenvalue weighted by Crippen LogP contribution is 2.26. The summed E-state index contributed by atoms with van der Waals surface area (Å²) in [4.78, 5) is 22.7. The standard InChI is InChI=1S/C15H13BrN2O5S/c1-9-3-5-11(24(2,22)23)8-13(9)17-15(19)10-4-6-12(16)14(7-10)18(20)21/h3-8H,1-2H3,(H,17,19). The van der Waals surface area contributed by atoms with Crippen LogP contribution in [0, 0.1) is 17.0 Å². The molecule has 2 aromatic carbocycles. The topological polar surface area (TPSA) is 106 Å². The molecule has 1 amide bonds. The van der Waals surface area contributed by atoms with E-state index < -0.39 is 20.7 Å². The summed E-state index contributed by atoms with van der Waals surface area (Å²) in [7, 11) is -3.41. The number of amides is 1. The molecular formula is C15H13BrN2O5S. The molecule has 0 atom stereocenters. The summed E-state index contributed by atoms with van der Waals surface area (Å²) >= 11 is 3.05. The molecule has 24 heavy (non-hydrogen) atoms. The smallest absolute Gasteiger partial charge is 0.284 e. The molecule has 0 radical (unpaired) electrons. The van der Waals surface area contributed by atoms with Crippen LogP contribution in [-0.2, 0) is 9.84 Å². The lowest BCUT2D eigenvalue weighted by Gasteiger charge is -2.10. The molecule has 0 aliphatic heterocycles. The zero-order valence-corrected chi connectivity index (χ0v) is 15.1. The molecule has 7 nitrogen and oxygen atoms in total. The zero-order valence-electron chi connectivity index (χ0n) is 12.7. The minimum atomic E-state index is -3.41. The molecule has 0 saturated heterocycles. The largest absolute Gasteiger partial charge is 0.322 e. The summed E-state index contributed by atoms with van der Waals surface area (Å²) in [5.74, 6) is -0.570. The second-order valence-electron chi connectivity index (χ2n) is 5.13. The van der Waals surface area contributed by atoms with Crippen LogP contribution in [0.1, 0.15) is 15.9 Å². The predicted molar refractivity (Wildman–Crippen MR) is 93.0 cm³/mol. The Hall–Kier alpha value is -2.26. The Morgan fingerprint density at radius 3 is 2.46 bits per heavy atom. The highest BCUT2D eigenvalue weighted by atomic mass is 79.9. The minimum absolute atomic E-state index is 0.0742. The number of aryl methyl sites for hydroxylation is 1. The molecule has 0 bridgehead atoms. The van der Waals surface area contributed by atoms with Crippen molar-refractivity contribution >= 4 is 43.0 Å². The van der Waals surface area contributed by atoms with Gasteiger partial charge >= 0.3 is 0 Å². The van der Waals surface area contributed by atoms with E-state index in [1.807, 2.05) is 0 Å². The Bertz CT molecular complexity index is 941. The van der Waals surface area contributed by atoms with Gasteiger partial charge in [-0.3, -0.25) is 14.9 Å². The van der Waals surface area contributed by atoms with Gasteiger partial charge < -0.3 is 5.32 Å². The average molecular weight is 413 g/mol. The fraction of sp³-hybridized carbons (Fsp3) is 0.133. The highest BCUT2D eigenvalue weighted by molar-refractivity contribution is 9.10. The Morgan fingerprint density at radius 1 is 1.21 bits per heavy atom. The van der Waals surface area contributed by atoms with Crippen LogP contribution in [0.5, 0.6) is 0 Å². The lowest BCUT2D eigenvalue weighted by molar-refractivity contribution is -0.385. The van der Waals surface area contributed by atoms with Crippen LogP contribution in [0.2, 0.25) is 0 Å². The van der Waals surface area contributed by atoms with Crippen LogP contribution in [0.25, 0.3) is 0 Å². The minimum Gasteiger partial charge on any atom is -0.322 e. The fourth-order valence-corrected chi connectivity index (χ4v) is 2.99. The number of halogens is 1. The van der Waals surface area contributed by atoms with Gasteiger partial charge in [0, 0.05) is 23.6 Å². The van der Waals surface area contributed by atoms with E-state index in [-0.39, 0.29) is 20.6 Å². The number of nitrogens with one attached hydrogen (secondary N) is 1. The van der Waals surface area contributed by atoms with Gasteiger partial charge in [0.15, 0.2) is 9.84 Å². The number of hydrogen-bond donors (Lipinski definition) is 1. The lowest BCUT2D eigenvalue weighted by atomic mass is 10.1. The monoisotopic (exact) mass is 412 g/mol. The molecule has 2 aromatic rings. The summed E-state index contributed by atoms with van der Waals surface area (Å²) < 4.78 is 23.5. The Kier molecular flexibility index (Phi) is 5.05. The third-order valence-electron chi connectivity index (χ3n) is 3.29. The number of anilines is 1. The Labute approximate surface area is 146 Å². The van der Waals surface area contributed by atoms with E-state index in [9.17, 15) is 23.3 Å². The van der Waals surface area contributed by atoms with Crippen molar-refractivity contribution in [2.24, 2.45) is 0 Å². The van der Waals surface area contributed by atoms with Crippen molar-refractivity contribution in [3.63, 3.8) is 0 Å². The number of nitro benzene ring substituents is 1. The van der Waals surface area contributed by atoms with E-state index in [1.165, 1.54) is 24.3 Å². The third kappa shape index (κ3) is 3.98.